The number of hydrogen-bond donors (Lipinski definition) is 3. The summed E-state index contributed by atoms with van der Waals surface area (Å²) in [6.45, 7) is -0.913. The molecule has 3 amide bonds. The normalized spacial score (nSPS) is 17.6. The predicted octanol–water partition coefficient (Wildman–Crippen LogP) is 1.74. The number of alkyl halides is 3. The summed E-state index contributed by atoms with van der Waals surface area (Å²) < 4.78 is 36.5. The fourth-order valence-electron chi connectivity index (χ4n) is 2.48. The Labute approximate surface area is 136 Å². The van der Waals surface area contributed by atoms with Gasteiger partial charge in [-0.1, -0.05) is 12.1 Å². The Balaban J connectivity index is 1.88. The Kier molecular flexibility index (Phi) is 5.53. The van der Waals surface area contributed by atoms with Crippen molar-refractivity contribution < 1.29 is 27.9 Å². The second-order valence-electron chi connectivity index (χ2n) is 5.51. The van der Waals surface area contributed by atoms with Crippen LogP contribution in [0.25, 0.3) is 0 Å². The third-order valence-corrected chi connectivity index (χ3v) is 3.66. The van der Waals surface area contributed by atoms with E-state index in [1.165, 1.54) is 17.0 Å². The summed E-state index contributed by atoms with van der Waals surface area (Å²) in [5.41, 5.74) is 0.749. The maximum Gasteiger partial charge on any atom is 0.405 e. The molecule has 6 nitrogen and oxygen atoms in total. The molecule has 1 atom stereocenters. The van der Waals surface area contributed by atoms with Gasteiger partial charge in [0.1, 0.15) is 18.3 Å². The zero-order valence-corrected chi connectivity index (χ0v) is 12.8. The minimum atomic E-state index is -4.49. The van der Waals surface area contributed by atoms with Crippen LogP contribution in [0.1, 0.15) is 18.4 Å². The fourth-order valence-corrected chi connectivity index (χ4v) is 2.48. The number of carbonyl (C=O) groups is 2. The molecule has 0 spiro atoms. The lowest BCUT2D eigenvalue weighted by Gasteiger charge is -2.24. The zero-order chi connectivity index (χ0) is 17.7. The standard InChI is InChI=1S/C15H18F3N3O3/c16-15(17,18)9-20-13(23)12-2-1-7-21(12)14(24)19-8-10-3-5-11(22)6-4-10/h3-6,12,22H,1-2,7-9H2,(H,19,24)(H,20,23)/t12-/m0/s1. The Morgan fingerprint density at radius 3 is 2.50 bits per heavy atom. The molecule has 0 saturated carbocycles. The minimum absolute atomic E-state index is 0.103. The average molecular weight is 345 g/mol. The van der Waals surface area contributed by atoms with Crippen molar-refractivity contribution in [2.45, 2.75) is 31.6 Å². The van der Waals surface area contributed by atoms with Crippen molar-refractivity contribution in [3.63, 3.8) is 0 Å². The van der Waals surface area contributed by atoms with Crippen molar-refractivity contribution in [1.82, 2.24) is 15.5 Å². The van der Waals surface area contributed by atoms with Gasteiger partial charge in [0.25, 0.3) is 0 Å². The molecule has 0 aliphatic carbocycles. The van der Waals surface area contributed by atoms with Gasteiger partial charge in [0.05, 0.1) is 0 Å². The number of rotatable bonds is 4. The van der Waals surface area contributed by atoms with E-state index in [9.17, 15) is 27.9 Å². The lowest BCUT2D eigenvalue weighted by atomic mass is 10.2. The molecule has 1 fully saturated rings. The average Bonchev–Trinajstić information content (AvgIpc) is 3.01. The van der Waals surface area contributed by atoms with Gasteiger partial charge in [-0.25, -0.2) is 4.79 Å². The maximum atomic E-state index is 12.2. The van der Waals surface area contributed by atoms with Crippen molar-refractivity contribution in [2.24, 2.45) is 0 Å². The van der Waals surface area contributed by atoms with E-state index in [0.717, 1.165) is 5.56 Å². The van der Waals surface area contributed by atoms with Crippen molar-refractivity contribution in [2.75, 3.05) is 13.1 Å². The van der Waals surface area contributed by atoms with Crippen LogP contribution in [0, 0.1) is 0 Å². The molecule has 1 heterocycles. The molecule has 1 aromatic rings. The molecule has 1 saturated heterocycles. The van der Waals surface area contributed by atoms with Crippen LogP contribution in [-0.2, 0) is 11.3 Å². The number of phenols is 1. The molecule has 0 aromatic heterocycles. The van der Waals surface area contributed by atoms with Crippen LogP contribution in [0.3, 0.4) is 0 Å². The van der Waals surface area contributed by atoms with Gasteiger partial charge in [0.2, 0.25) is 5.91 Å². The van der Waals surface area contributed by atoms with Gasteiger partial charge in [-0.3, -0.25) is 4.79 Å². The first kappa shape index (κ1) is 17.9. The lowest BCUT2D eigenvalue weighted by Crippen LogP contribution is -2.50. The van der Waals surface area contributed by atoms with E-state index in [-0.39, 0.29) is 12.3 Å². The van der Waals surface area contributed by atoms with Crippen LogP contribution >= 0.6 is 0 Å². The number of phenolic OH excluding ortho intramolecular Hbond substituents is 1. The van der Waals surface area contributed by atoms with Crippen LogP contribution in [-0.4, -0.2) is 47.3 Å². The highest BCUT2D eigenvalue weighted by Crippen LogP contribution is 2.19. The summed E-state index contributed by atoms with van der Waals surface area (Å²) in [7, 11) is 0. The van der Waals surface area contributed by atoms with E-state index >= 15 is 0 Å². The quantitative estimate of drug-likeness (QED) is 0.778. The minimum Gasteiger partial charge on any atom is -0.508 e. The van der Waals surface area contributed by atoms with Gasteiger partial charge < -0.3 is 20.6 Å². The molecule has 1 aliphatic heterocycles. The molecular formula is C15H18F3N3O3. The van der Waals surface area contributed by atoms with Gasteiger partial charge in [-0.05, 0) is 30.5 Å². The van der Waals surface area contributed by atoms with Gasteiger partial charge in [0, 0.05) is 13.1 Å². The van der Waals surface area contributed by atoms with Crippen LogP contribution in [0.4, 0.5) is 18.0 Å². The molecule has 0 bridgehead atoms. The van der Waals surface area contributed by atoms with E-state index in [4.69, 9.17) is 0 Å². The van der Waals surface area contributed by atoms with Crippen LogP contribution in [0.15, 0.2) is 24.3 Å². The molecule has 132 valence electrons. The molecule has 1 aliphatic rings. The third-order valence-electron chi connectivity index (χ3n) is 3.66. The van der Waals surface area contributed by atoms with E-state index in [2.05, 4.69) is 5.32 Å². The van der Waals surface area contributed by atoms with Crippen LogP contribution in [0.5, 0.6) is 5.75 Å². The summed E-state index contributed by atoms with van der Waals surface area (Å²) in [6, 6.07) is 4.82. The first-order valence-electron chi connectivity index (χ1n) is 7.43. The number of nitrogens with one attached hydrogen (secondary N) is 2. The van der Waals surface area contributed by atoms with E-state index < -0.39 is 30.7 Å². The number of amides is 3. The smallest absolute Gasteiger partial charge is 0.405 e. The molecule has 2 rings (SSSR count). The van der Waals surface area contributed by atoms with Gasteiger partial charge >= 0.3 is 12.2 Å². The Bertz CT molecular complexity index is 590. The highest BCUT2D eigenvalue weighted by atomic mass is 19.4. The van der Waals surface area contributed by atoms with Gasteiger partial charge in [0.15, 0.2) is 0 Å². The van der Waals surface area contributed by atoms with Crippen molar-refractivity contribution in [1.29, 1.82) is 0 Å². The van der Waals surface area contributed by atoms with E-state index in [1.807, 2.05) is 5.32 Å². The Morgan fingerprint density at radius 2 is 1.88 bits per heavy atom. The van der Waals surface area contributed by atoms with Crippen molar-refractivity contribution in [3.8, 4) is 5.75 Å². The first-order chi connectivity index (χ1) is 11.3. The number of hydrogen-bond acceptors (Lipinski definition) is 3. The van der Waals surface area contributed by atoms with Crippen LogP contribution in [0.2, 0.25) is 0 Å². The SMILES string of the molecule is O=C(NCC(F)(F)F)[C@@H]1CCCN1C(=O)NCc1ccc(O)cc1. The molecule has 0 unspecified atom stereocenters. The van der Waals surface area contributed by atoms with Crippen LogP contribution < -0.4 is 10.6 Å². The zero-order valence-electron chi connectivity index (χ0n) is 12.8. The van der Waals surface area contributed by atoms with Gasteiger partial charge in [-0.15, -0.1) is 0 Å². The molecular weight excluding hydrogens is 327 g/mol. The van der Waals surface area contributed by atoms with E-state index in [0.29, 0.717) is 19.4 Å². The molecule has 0 radical (unpaired) electrons. The Morgan fingerprint density at radius 1 is 1.21 bits per heavy atom. The number of urea groups is 1. The second kappa shape index (κ2) is 7.41. The highest BCUT2D eigenvalue weighted by molar-refractivity contribution is 5.87. The van der Waals surface area contributed by atoms with Crippen molar-refractivity contribution in [3.05, 3.63) is 29.8 Å². The topological polar surface area (TPSA) is 81.7 Å². The summed E-state index contributed by atoms with van der Waals surface area (Å²) in [5, 5.41) is 13.6. The maximum absolute atomic E-state index is 12.2. The summed E-state index contributed by atoms with van der Waals surface area (Å²) in [6.07, 6.45) is -3.60. The summed E-state index contributed by atoms with van der Waals surface area (Å²) >= 11 is 0. The third kappa shape index (κ3) is 5.04. The molecule has 1 aromatic carbocycles. The monoisotopic (exact) mass is 345 g/mol. The first-order valence-corrected chi connectivity index (χ1v) is 7.43. The van der Waals surface area contributed by atoms with Gasteiger partial charge in [-0.2, -0.15) is 13.2 Å². The molecule has 3 N–H and O–H groups in total. The number of likely N-dealkylation sites (tertiary alicyclic amines) is 1. The predicted molar refractivity (Wildman–Crippen MR) is 79.1 cm³/mol. The summed E-state index contributed by atoms with van der Waals surface area (Å²) in [4.78, 5) is 25.3. The Hall–Kier alpha value is -2.45. The number of benzene rings is 1. The van der Waals surface area contributed by atoms with E-state index in [1.54, 1.807) is 12.1 Å². The summed E-state index contributed by atoms with van der Waals surface area (Å²) in [5.74, 6) is -0.698. The second-order valence-corrected chi connectivity index (χ2v) is 5.51. The number of carbonyl (C=O) groups excluding carboxylic acids is 2. The number of halogens is 3. The van der Waals surface area contributed by atoms with Crippen molar-refractivity contribution >= 4 is 11.9 Å². The number of aromatic hydroxyl groups is 1. The molecule has 9 heteroatoms. The fraction of sp³-hybridized carbons (Fsp3) is 0.467. The molecule has 24 heavy (non-hydrogen) atoms. The largest absolute Gasteiger partial charge is 0.508 e. The highest BCUT2D eigenvalue weighted by Gasteiger charge is 2.36. The lowest BCUT2D eigenvalue weighted by molar-refractivity contribution is -0.140. The number of nitrogens with zero attached hydrogens (tertiary/aromatic N) is 1.